The van der Waals surface area contributed by atoms with Gasteiger partial charge in [-0.05, 0) is 66.0 Å². The average molecular weight is 268 g/mol. The van der Waals surface area contributed by atoms with E-state index in [9.17, 15) is 4.79 Å². The summed E-state index contributed by atoms with van der Waals surface area (Å²) in [6, 6.07) is 0.737. The minimum absolute atomic E-state index is 0.147. The van der Waals surface area contributed by atoms with E-state index in [-0.39, 0.29) is 11.7 Å². The fourth-order valence-electron chi connectivity index (χ4n) is 3.32. The smallest absolute Gasteiger partial charge is 0.410 e. The molecule has 0 saturated carbocycles. The van der Waals surface area contributed by atoms with Crippen molar-refractivity contribution in [1.82, 2.24) is 9.80 Å². The first kappa shape index (κ1) is 14.6. The molecular weight excluding hydrogens is 240 g/mol. The number of amides is 1. The van der Waals surface area contributed by atoms with E-state index >= 15 is 0 Å². The summed E-state index contributed by atoms with van der Waals surface area (Å²) in [4.78, 5) is 16.4. The van der Waals surface area contributed by atoms with Crippen LogP contribution in [0.25, 0.3) is 0 Å². The highest BCUT2D eigenvalue weighted by molar-refractivity contribution is 5.68. The number of carbonyl (C=O) groups excluding carboxylic acids is 1. The Hall–Kier alpha value is -0.770. The fourth-order valence-corrected chi connectivity index (χ4v) is 3.32. The van der Waals surface area contributed by atoms with Crippen LogP contribution in [-0.4, -0.2) is 54.2 Å². The Balaban J connectivity index is 1.80. The van der Waals surface area contributed by atoms with Crippen molar-refractivity contribution in [2.45, 2.75) is 58.1 Å². The second-order valence-corrected chi connectivity index (χ2v) is 7.00. The minimum Gasteiger partial charge on any atom is -0.444 e. The van der Waals surface area contributed by atoms with Gasteiger partial charge < -0.3 is 14.5 Å². The maximum atomic E-state index is 12.0. The van der Waals surface area contributed by atoms with Crippen LogP contribution in [0, 0.1) is 5.92 Å². The minimum atomic E-state index is -0.389. The number of hydrogen-bond donors (Lipinski definition) is 0. The standard InChI is InChI=1S/C15H28N2O2/c1-15(2,3)19-14(18)17-10-7-12(8-11-17)13-6-5-9-16(13)4/h12-13H,5-11H2,1-4H3. The molecule has 0 aromatic rings. The zero-order chi connectivity index (χ0) is 14.0. The zero-order valence-corrected chi connectivity index (χ0v) is 12.8. The molecule has 19 heavy (non-hydrogen) atoms. The zero-order valence-electron chi connectivity index (χ0n) is 12.8. The second kappa shape index (κ2) is 5.70. The molecule has 1 amide bonds. The van der Waals surface area contributed by atoms with E-state index < -0.39 is 0 Å². The Morgan fingerprint density at radius 1 is 1.11 bits per heavy atom. The van der Waals surface area contributed by atoms with Gasteiger partial charge in [0.05, 0.1) is 0 Å². The summed E-state index contributed by atoms with van der Waals surface area (Å²) in [5.41, 5.74) is -0.389. The van der Waals surface area contributed by atoms with Crippen molar-refractivity contribution in [2.24, 2.45) is 5.92 Å². The summed E-state index contributed by atoms with van der Waals surface area (Å²) in [7, 11) is 2.23. The van der Waals surface area contributed by atoms with E-state index in [1.54, 1.807) is 0 Å². The van der Waals surface area contributed by atoms with Gasteiger partial charge >= 0.3 is 6.09 Å². The van der Waals surface area contributed by atoms with Gasteiger partial charge in [-0.2, -0.15) is 0 Å². The van der Waals surface area contributed by atoms with Crippen molar-refractivity contribution < 1.29 is 9.53 Å². The van der Waals surface area contributed by atoms with Crippen molar-refractivity contribution in [2.75, 3.05) is 26.7 Å². The predicted octanol–water partition coefficient (Wildman–Crippen LogP) is 2.73. The molecule has 0 aromatic carbocycles. The van der Waals surface area contributed by atoms with E-state index in [2.05, 4.69) is 11.9 Å². The van der Waals surface area contributed by atoms with Gasteiger partial charge in [-0.1, -0.05) is 0 Å². The number of nitrogens with zero attached hydrogens (tertiary/aromatic N) is 2. The lowest BCUT2D eigenvalue weighted by atomic mass is 9.88. The number of hydrogen-bond acceptors (Lipinski definition) is 3. The van der Waals surface area contributed by atoms with Crippen molar-refractivity contribution in [3.05, 3.63) is 0 Å². The molecule has 0 bridgehead atoms. The highest BCUT2D eigenvalue weighted by atomic mass is 16.6. The normalized spacial score (nSPS) is 26.7. The molecule has 0 N–H and O–H groups in total. The molecule has 1 unspecified atom stereocenters. The van der Waals surface area contributed by atoms with Crippen LogP contribution < -0.4 is 0 Å². The molecule has 2 fully saturated rings. The van der Waals surface area contributed by atoms with Crippen LogP contribution in [0.3, 0.4) is 0 Å². The van der Waals surface area contributed by atoms with Crippen LogP contribution in [-0.2, 0) is 4.74 Å². The van der Waals surface area contributed by atoms with Gasteiger partial charge in [-0.3, -0.25) is 0 Å². The third kappa shape index (κ3) is 3.85. The van der Waals surface area contributed by atoms with E-state index in [4.69, 9.17) is 4.74 Å². The maximum absolute atomic E-state index is 12.0. The Kier molecular flexibility index (Phi) is 4.39. The third-order valence-electron chi connectivity index (χ3n) is 4.31. The monoisotopic (exact) mass is 268 g/mol. The largest absolute Gasteiger partial charge is 0.444 e. The van der Waals surface area contributed by atoms with Gasteiger partial charge in [0.1, 0.15) is 5.60 Å². The van der Waals surface area contributed by atoms with E-state index in [0.29, 0.717) is 0 Å². The van der Waals surface area contributed by atoms with Crippen LogP contribution in [0.5, 0.6) is 0 Å². The molecule has 4 nitrogen and oxygen atoms in total. The quantitative estimate of drug-likeness (QED) is 0.733. The first-order valence-electron chi connectivity index (χ1n) is 7.55. The van der Waals surface area contributed by atoms with Crippen LogP contribution in [0.4, 0.5) is 4.79 Å². The summed E-state index contributed by atoms with van der Waals surface area (Å²) in [5, 5.41) is 0. The lowest BCUT2D eigenvalue weighted by Gasteiger charge is -2.37. The van der Waals surface area contributed by atoms with Crippen molar-refractivity contribution >= 4 is 6.09 Å². The van der Waals surface area contributed by atoms with Gasteiger partial charge in [-0.25, -0.2) is 4.79 Å². The molecule has 2 rings (SSSR count). The lowest BCUT2D eigenvalue weighted by Crippen LogP contribution is -2.45. The summed E-state index contributed by atoms with van der Waals surface area (Å²) < 4.78 is 5.44. The Labute approximate surface area is 117 Å². The number of carbonyl (C=O) groups is 1. The van der Waals surface area contributed by atoms with Crippen LogP contribution in [0.2, 0.25) is 0 Å². The molecule has 2 heterocycles. The summed E-state index contributed by atoms with van der Waals surface area (Å²) in [6.07, 6.45) is 4.74. The van der Waals surface area contributed by atoms with Crippen molar-refractivity contribution in [3.63, 3.8) is 0 Å². The van der Waals surface area contributed by atoms with Crippen LogP contribution >= 0.6 is 0 Å². The molecule has 2 aliphatic rings. The average Bonchev–Trinajstić information content (AvgIpc) is 2.73. The van der Waals surface area contributed by atoms with Crippen LogP contribution in [0.1, 0.15) is 46.5 Å². The van der Waals surface area contributed by atoms with Gasteiger partial charge in [-0.15, -0.1) is 0 Å². The molecule has 0 radical (unpaired) electrons. The fraction of sp³-hybridized carbons (Fsp3) is 0.933. The molecule has 4 heteroatoms. The van der Waals surface area contributed by atoms with Crippen LogP contribution in [0.15, 0.2) is 0 Å². The molecule has 0 aliphatic carbocycles. The number of rotatable bonds is 1. The van der Waals surface area contributed by atoms with E-state index in [1.165, 1.54) is 19.4 Å². The number of likely N-dealkylation sites (tertiary alicyclic amines) is 2. The van der Waals surface area contributed by atoms with Gasteiger partial charge in [0.2, 0.25) is 0 Å². The van der Waals surface area contributed by atoms with Crippen molar-refractivity contribution in [3.8, 4) is 0 Å². The molecule has 2 aliphatic heterocycles. The molecule has 0 aromatic heterocycles. The molecule has 1 atom stereocenters. The molecule has 110 valence electrons. The summed E-state index contributed by atoms with van der Waals surface area (Å²) >= 11 is 0. The number of ether oxygens (including phenoxy) is 1. The van der Waals surface area contributed by atoms with Gasteiger partial charge in [0, 0.05) is 19.1 Å². The van der Waals surface area contributed by atoms with Gasteiger partial charge in [0.15, 0.2) is 0 Å². The third-order valence-corrected chi connectivity index (χ3v) is 4.31. The number of piperidine rings is 1. The first-order chi connectivity index (χ1) is 8.87. The van der Waals surface area contributed by atoms with Gasteiger partial charge in [0.25, 0.3) is 0 Å². The lowest BCUT2D eigenvalue weighted by molar-refractivity contribution is 0.0152. The first-order valence-corrected chi connectivity index (χ1v) is 7.55. The summed E-state index contributed by atoms with van der Waals surface area (Å²) in [5.74, 6) is 0.756. The Morgan fingerprint density at radius 2 is 1.74 bits per heavy atom. The summed E-state index contributed by atoms with van der Waals surface area (Å²) in [6.45, 7) is 8.70. The Morgan fingerprint density at radius 3 is 2.21 bits per heavy atom. The highest BCUT2D eigenvalue weighted by Gasteiger charge is 2.33. The second-order valence-electron chi connectivity index (χ2n) is 7.00. The Bertz CT molecular complexity index is 317. The molecular formula is C15H28N2O2. The predicted molar refractivity (Wildman–Crippen MR) is 76.2 cm³/mol. The molecule has 0 spiro atoms. The topological polar surface area (TPSA) is 32.8 Å². The SMILES string of the molecule is CN1CCCC1C1CCN(C(=O)OC(C)(C)C)CC1. The maximum Gasteiger partial charge on any atom is 0.410 e. The van der Waals surface area contributed by atoms with E-state index in [0.717, 1.165) is 37.9 Å². The van der Waals surface area contributed by atoms with E-state index in [1.807, 2.05) is 25.7 Å². The van der Waals surface area contributed by atoms with Crippen molar-refractivity contribution in [1.29, 1.82) is 0 Å². The molecule has 2 saturated heterocycles. The highest BCUT2D eigenvalue weighted by Crippen LogP contribution is 2.30.